The molecule has 0 aliphatic carbocycles. The fraction of sp³-hybridized carbons (Fsp3) is 0.385. The van der Waals surface area contributed by atoms with Crippen LogP contribution in [-0.2, 0) is 4.74 Å². The number of hydrogen-bond acceptors (Lipinski definition) is 5. The number of anilines is 1. The standard InChI is InChI=1S/C13H13ClN2O2S/c1-8(17)11-6-9-13(19-11)10(7-12(14)15-9)16-2-4-18-5-3-16/h6-7H,2-5H2,1H3. The number of hydrogen-bond donors (Lipinski definition) is 0. The van der Waals surface area contributed by atoms with Crippen molar-refractivity contribution in [3.05, 3.63) is 22.2 Å². The van der Waals surface area contributed by atoms with Crippen LogP contribution in [0.5, 0.6) is 0 Å². The highest BCUT2D eigenvalue weighted by atomic mass is 35.5. The smallest absolute Gasteiger partial charge is 0.169 e. The van der Waals surface area contributed by atoms with Gasteiger partial charge in [0.15, 0.2) is 5.78 Å². The number of morpholine rings is 1. The fourth-order valence-corrected chi connectivity index (χ4v) is 3.42. The molecule has 0 bridgehead atoms. The molecule has 1 fully saturated rings. The number of thiophene rings is 1. The van der Waals surface area contributed by atoms with Gasteiger partial charge in [0.05, 0.1) is 34.0 Å². The van der Waals surface area contributed by atoms with Crippen molar-refractivity contribution in [2.24, 2.45) is 0 Å². The van der Waals surface area contributed by atoms with Gasteiger partial charge in [0, 0.05) is 19.2 Å². The molecule has 4 nitrogen and oxygen atoms in total. The molecule has 0 spiro atoms. The molecule has 0 saturated carbocycles. The Morgan fingerprint density at radius 1 is 1.42 bits per heavy atom. The highest BCUT2D eigenvalue weighted by Crippen LogP contribution is 2.35. The minimum Gasteiger partial charge on any atom is -0.378 e. The number of ether oxygens (including phenoxy) is 1. The summed E-state index contributed by atoms with van der Waals surface area (Å²) < 4.78 is 6.39. The second-order valence-electron chi connectivity index (χ2n) is 4.44. The summed E-state index contributed by atoms with van der Waals surface area (Å²) in [5, 5.41) is 0.460. The molecule has 2 aromatic heterocycles. The second kappa shape index (κ2) is 5.07. The largest absolute Gasteiger partial charge is 0.378 e. The number of carbonyl (C=O) groups is 1. The zero-order chi connectivity index (χ0) is 13.4. The van der Waals surface area contributed by atoms with Gasteiger partial charge >= 0.3 is 0 Å². The van der Waals surface area contributed by atoms with Gasteiger partial charge in [-0.1, -0.05) is 11.6 Å². The van der Waals surface area contributed by atoms with Crippen LogP contribution >= 0.6 is 22.9 Å². The number of ketones is 1. The average molecular weight is 297 g/mol. The summed E-state index contributed by atoms with van der Waals surface area (Å²) in [6, 6.07) is 3.69. The summed E-state index contributed by atoms with van der Waals surface area (Å²) in [5.74, 6) is 0.0621. The fourth-order valence-electron chi connectivity index (χ4n) is 2.19. The van der Waals surface area contributed by atoms with Crippen molar-refractivity contribution in [3.8, 4) is 0 Å². The maximum Gasteiger partial charge on any atom is 0.169 e. The third-order valence-corrected chi connectivity index (χ3v) is 4.57. The molecule has 1 aliphatic rings. The van der Waals surface area contributed by atoms with E-state index >= 15 is 0 Å². The minimum absolute atomic E-state index is 0.0621. The van der Waals surface area contributed by atoms with E-state index < -0.39 is 0 Å². The quantitative estimate of drug-likeness (QED) is 0.631. The Bertz CT molecular complexity index is 635. The third-order valence-electron chi connectivity index (χ3n) is 3.13. The van der Waals surface area contributed by atoms with Crippen molar-refractivity contribution in [1.29, 1.82) is 0 Å². The van der Waals surface area contributed by atoms with Crippen LogP contribution in [0.1, 0.15) is 16.6 Å². The van der Waals surface area contributed by atoms with E-state index in [4.69, 9.17) is 16.3 Å². The van der Waals surface area contributed by atoms with Gasteiger partial charge in [0.2, 0.25) is 0 Å². The van der Waals surface area contributed by atoms with Crippen molar-refractivity contribution >= 4 is 44.6 Å². The Hall–Kier alpha value is -1.17. The van der Waals surface area contributed by atoms with E-state index in [1.165, 1.54) is 11.3 Å². The highest BCUT2D eigenvalue weighted by molar-refractivity contribution is 7.21. The van der Waals surface area contributed by atoms with Crippen molar-refractivity contribution in [2.45, 2.75) is 6.92 Å². The number of aromatic nitrogens is 1. The molecule has 0 amide bonds. The van der Waals surface area contributed by atoms with Crippen molar-refractivity contribution in [2.75, 3.05) is 31.2 Å². The molecule has 1 aliphatic heterocycles. The molecular weight excluding hydrogens is 284 g/mol. The lowest BCUT2D eigenvalue weighted by Gasteiger charge is -2.29. The van der Waals surface area contributed by atoms with E-state index in [9.17, 15) is 4.79 Å². The molecule has 0 unspecified atom stereocenters. The van der Waals surface area contributed by atoms with Gasteiger partial charge in [-0.2, -0.15) is 0 Å². The average Bonchev–Trinajstić information content (AvgIpc) is 2.82. The molecule has 100 valence electrons. The van der Waals surface area contributed by atoms with Crippen LogP contribution in [0, 0.1) is 0 Å². The van der Waals surface area contributed by atoms with Crippen molar-refractivity contribution in [3.63, 3.8) is 0 Å². The van der Waals surface area contributed by atoms with Crippen LogP contribution < -0.4 is 4.90 Å². The summed E-state index contributed by atoms with van der Waals surface area (Å²) in [6.45, 7) is 4.67. The number of rotatable bonds is 2. The molecule has 0 aromatic carbocycles. The molecule has 0 radical (unpaired) electrons. The topological polar surface area (TPSA) is 42.4 Å². The Labute approximate surface area is 119 Å². The molecule has 0 atom stereocenters. The molecule has 3 heterocycles. The molecule has 3 rings (SSSR count). The van der Waals surface area contributed by atoms with E-state index in [2.05, 4.69) is 9.88 Å². The first kappa shape index (κ1) is 12.8. The van der Waals surface area contributed by atoms with Gasteiger partial charge in [0.25, 0.3) is 0 Å². The first-order chi connectivity index (χ1) is 9.15. The number of Topliss-reactive ketones (excluding diaryl/α,β-unsaturated/α-hetero) is 1. The summed E-state index contributed by atoms with van der Waals surface area (Å²) in [6.07, 6.45) is 0. The predicted octanol–water partition coefficient (Wildman–Crippen LogP) is 2.99. The number of nitrogens with zero attached hydrogens (tertiary/aromatic N) is 2. The maximum absolute atomic E-state index is 11.5. The van der Waals surface area contributed by atoms with Crippen LogP contribution in [0.4, 0.5) is 5.69 Å². The molecule has 0 N–H and O–H groups in total. The Balaban J connectivity index is 2.13. The van der Waals surface area contributed by atoms with Crippen LogP contribution in [0.2, 0.25) is 5.15 Å². The maximum atomic E-state index is 11.5. The molecule has 19 heavy (non-hydrogen) atoms. The van der Waals surface area contributed by atoms with Crippen molar-refractivity contribution in [1.82, 2.24) is 4.98 Å². The zero-order valence-electron chi connectivity index (χ0n) is 10.5. The Kier molecular flexibility index (Phi) is 3.43. The molecule has 2 aromatic rings. The minimum atomic E-state index is 0.0621. The van der Waals surface area contributed by atoms with Gasteiger partial charge in [-0.3, -0.25) is 4.79 Å². The van der Waals surface area contributed by atoms with Crippen LogP contribution in [-0.4, -0.2) is 37.1 Å². The summed E-state index contributed by atoms with van der Waals surface area (Å²) in [5.41, 5.74) is 1.85. The number of fused-ring (bicyclic) bond motifs is 1. The molecule has 1 saturated heterocycles. The lowest BCUT2D eigenvalue weighted by molar-refractivity contribution is 0.102. The molecular formula is C13H13ClN2O2S. The third kappa shape index (κ3) is 2.45. The Morgan fingerprint density at radius 3 is 2.84 bits per heavy atom. The van der Waals surface area contributed by atoms with Crippen LogP contribution in [0.3, 0.4) is 0 Å². The Morgan fingerprint density at radius 2 is 2.16 bits per heavy atom. The van der Waals surface area contributed by atoms with E-state index in [0.29, 0.717) is 18.4 Å². The van der Waals surface area contributed by atoms with Gasteiger partial charge in [0.1, 0.15) is 5.15 Å². The lowest BCUT2D eigenvalue weighted by atomic mass is 10.2. The molecule has 6 heteroatoms. The number of carbonyl (C=O) groups excluding carboxylic acids is 1. The van der Waals surface area contributed by atoms with Gasteiger partial charge in [-0.25, -0.2) is 4.98 Å². The van der Waals surface area contributed by atoms with Crippen LogP contribution in [0.25, 0.3) is 10.2 Å². The number of pyridine rings is 1. The van der Waals surface area contributed by atoms with Gasteiger partial charge in [-0.15, -0.1) is 11.3 Å². The zero-order valence-corrected chi connectivity index (χ0v) is 12.1. The lowest BCUT2D eigenvalue weighted by Crippen LogP contribution is -2.36. The van der Waals surface area contributed by atoms with E-state index in [1.807, 2.05) is 12.1 Å². The summed E-state index contributed by atoms with van der Waals surface area (Å²) >= 11 is 7.56. The highest BCUT2D eigenvalue weighted by Gasteiger charge is 2.18. The monoisotopic (exact) mass is 296 g/mol. The van der Waals surface area contributed by atoms with E-state index in [0.717, 1.165) is 33.9 Å². The first-order valence-corrected chi connectivity index (χ1v) is 7.28. The summed E-state index contributed by atoms with van der Waals surface area (Å²) in [4.78, 5) is 18.8. The van der Waals surface area contributed by atoms with E-state index in [1.54, 1.807) is 6.92 Å². The van der Waals surface area contributed by atoms with Gasteiger partial charge in [-0.05, 0) is 13.0 Å². The normalized spacial score (nSPS) is 16.0. The van der Waals surface area contributed by atoms with Crippen LogP contribution in [0.15, 0.2) is 12.1 Å². The SMILES string of the molecule is CC(=O)c1cc2nc(Cl)cc(N3CCOCC3)c2s1. The number of halogens is 1. The van der Waals surface area contributed by atoms with Crippen molar-refractivity contribution < 1.29 is 9.53 Å². The predicted molar refractivity (Wildman–Crippen MR) is 77.7 cm³/mol. The first-order valence-electron chi connectivity index (χ1n) is 6.09. The summed E-state index contributed by atoms with van der Waals surface area (Å²) in [7, 11) is 0. The van der Waals surface area contributed by atoms with E-state index in [-0.39, 0.29) is 5.78 Å². The second-order valence-corrected chi connectivity index (χ2v) is 5.88. The van der Waals surface area contributed by atoms with Gasteiger partial charge < -0.3 is 9.64 Å².